The van der Waals surface area contributed by atoms with E-state index in [4.69, 9.17) is 10.1 Å². The zero-order valence-corrected chi connectivity index (χ0v) is 31.8. The van der Waals surface area contributed by atoms with Crippen LogP contribution in [-0.4, -0.2) is 33.0 Å². The molecule has 1 amide bonds. The standard InChI is InChI=1S/C23H28N2O3S.C20H32O2/c1-3-23(4-2,22(27)28)14-20(26)24-18-10-5-7-16(13-18)11-12-21-25-19(15-29-21)17-8-6-9-17;1-2-3-4-5-6-7-8-9-10-11-12-13-14-15-16-17-18-19-20(21)22/h5,7,10-13,15,17H,3-4,6,8-9,14H2,1-2H3,(H,24,26)(H,27,28);6-7,9-10,12-13,15-16H,2-5,8,11,14,17-19H2,1H3,(H,21,22)/b12-11+;7-6-,10-9-,13-12-,16-15-. The van der Waals surface area contributed by atoms with Gasteiger partial charge in [-0.1, -0.05) is 107 Å². The molecule has 0 unspecified atom stereocenters. The highest BCUT2D eigenvalue weighted by atomic mass is 32.1. The number of carbonyl (C=O) groups excluding carboxylic acids is 1. The fourth-order valence-corrected chi connectivity index (χ4v) is 6.27. The van der Waals surface area contributed by atoms with Crippen molar-refractivity contribution >= 4 is 47.0 Å². The number of hydrogen-bond acceptors (Lipinski definition) is 5. The van der Waals surface area contributed by atoms with Gasteiger partial charge in [0.1, 0.15) is 5.01 Å². The van der Waals surface area contributed by atoms with Crippen molar-refractivity contribution in [3.63, 3.8) is 0 Å². The SMILES string of the molecule is CCC(CC)(CC(=O)Nc1cccc(/C=C/c2nc(C3CCC3)cs2)c1)C(=O)O.CCCCC/C=C\C/C=C\C/C=C\C/C=C\CCCC(=O)O. The van der Waals surface area contributed by atoms with Crippen molar-refractivity contribution in [1.82, 2.24) is 4.98 Å². The van der Waals surface area contributed by atoms with Gasteiger partial charge in [-0.15, -0.1) is 11.3 Å². The van der Waals surface area contributed by atoms with Crippen LogP contribution in [-0.2, 0) is 14.4 Å². The normalized spacial score (nSPS) is 13.7. The summed E-state index contributed by atoms with van der Waals surface area (Å²) < 4.78 is 0. The number of carboxylic acids is 2. The summed E-state index contributed by atoms with van der Waals surface area (Å²) in [5.41, 5.74) is 1.82. The molecule has 0 aliphatic heterocycles. The van der Waals surface area contributed by atoms with Crippen molar-refractivity contribution < 1.29 is 24.6 Å². The molecule has 8 heteroatoms. The summed E-state index contributed by atoms with van der Waals surface area (Å²) in [6.07, 6.45) is 35.9. The lowest BCUT2D eigenvalue weighted by Gasteiger charge is -2.25. The average Bonchev–Trinajstić information content (AvgIpc) is 3.55. The molecule has 278 valence electrons. The summed E-state index contributed by atoms with van der Waals surface area (Å²) in [5.74, 6) is -1.27. The lowest BCUT2D eigenvalue weighted by molar-refractivity contribution is -0.151. The third-order valence-electron chi connectivity index (χ3n) is 9.18. The summed E-state index contributed by atoms with van der Waals surface area (Å²) in [5, 5.41) is 24.0. The first kappa shape index (κ1) is 43.1. The Labute approximate surface area is 310 Å². The van der Waals surface area contributed by atoms with Gasteiger partial charge >= 0.3 is 11.9 Å². The second kappa shape index (κ2) is 25.8. The third kappa shape index (κ3) is 18.1. The van der Waals surface area contributed by atoms with Crippen molar-refractivity contribution in [2.75, 3.05) is 5.32 Å². The number of carboxylic acid groups (broad SMARTS) is 2. The van der Waals surface area contributed by atoms with Gasteiger partial charge in [-0.3, -0.25) is 14.4 Å². The number of amides is 1. The van der Waals surface area contributed by atoms with Crippen LogP contribution in [0, 0.1) is 5.41 Å². The van der Waals surface area contributed by atoms with E-state index in [1.807, 2.05) is 50.3 Å². The number of aliphatic carboxylic acids is 2. The Morgan fingerprint density at radius 2 is 1.49 bits per heavy atom. The number of nitrogens with zero attached hydrogens (tertiary/aromatic N) is 1. The van der Waals surface area contributed by atoms with E-state index < -0.39 is 17.4 Å². The van der Waals surface area contributed by atoms with Crippen molar-refractivity contribution in [3.05, 3.63) is 94.5 Å². The minimum absolute atomic E-state index is 0.0293. The van der Waals surface area contributed by atoms with E-state index in [-0.39, 0.29) is 18.7 Å². The third-order valence-corrected chi connectivity index (χ3v) is 10.0. The fourth-order valence-electron chi connectivity index (χ4n) is 5.48. The number of rotatable bonds is 23. The first-order chi connectivity index (χ1) is 24.7. The van der Waals surface area contributed by atoms with E-state index >= 15 is 0 Å². The Morgan fingerprint density at radius 3 is 2.04 bits per heavy atom. The van der Waals surface area contributed by atoms with Crippen LogP contribution in [0.15, 0.2) is 78.3 Å². The maximum absolute atomic E-state index is 12.4. The predicted molar refractivity (Wildman–Crippen MR) is 214 cm³/mol. The Bertz CT molecular complexity index is 1460. The van der Waals surface area contributed by atoms with Crippen LogP contribution in [0.3, 0.4) is 0 Å². The number of benzene rings is 1. The van der Waals surface area contributed by atoms with Gasteiger partial charge in [0.2, 0.25) is 5.91 Å². The first-order valence-electron chi connectivity index (χ1n) is 18.8. The molecule has 1 fully saturated rings. The molecule has 51 heavy (non-hydrogen) atoms. The Morgan fingerprint density at radius 1 is 0.863 bits per heavy atom. The van der Waals surface area contributed by atoms with Gasteiger partial charge in [0.25, 0.3) is 0 Å². The summed E-state index contributed by atoms with van der Waals surface area (Å²) in [6, 6.07) is 7.54. The number of aromatic nitrogens is 1. The number of hydrogen-bond donors (Lipinski definition) is 3. The molecule has 3 rings (SSSR count). The van der Waals surface area contributed by atoms with E-state index in [0.29, 0.717) is 24.4 Å². The Hall–Kier alpha value is -4.04. The number of thiazole rings is 1. The van der Waals surface area contributed by atoms with Crippen molar-refractivity contribution in [2.45, 2.75) is 129 Å². The summed E-state index contributed by atoms with van der Waals surface area (Å²) in [4.78, 5) is 39.1. The van der Waals surface area contributed by atoms with Gasteiger partial charge < -0.3 is 15.5 Å². The molecule has 2 aromatic rings. The van der Waals surface area contributed by atoms with E-state index in [1.165, 1.54) is 50.6 Å². The van der Waals surface area contributed by atoms with E-state index in [1.54, 1.807) is 11.3 Å². The molecule has 3 N–H and O–H groups in total. The van der Waals surface area contributed by atoms with Crippen LogP contribution >= 0.6 is 11.3 Å². The van der Waals surface area contributed by atoms with Crippen LogP contribution in [0.4, 0.5) is 5.69 Å². The quantitative estimate of drug-likeness (QED) is 0.0778. The van der Waals surface area contributed by atoms with Gasteiger partial charge in [0.15, 0.2) is 0 Å². The topological polar surface area (TPSA) is 117 Å². The lowest BCUT2D eigenvalue weighted by Crippen LogP contribution is -2.34. The smallest absolute Gasteiger partial charge is 0.310 e. The molecule has 1 saturated carbocycles. The molecular formula is C43H60N2O5S. The molecule has 0 saturated heterocycles. The molecule has 1 aromatic carbocycles. The highest BCUT2D eigenvalue weighted by Crippen LogP contribution is 2.37. The largest absolute Gasteiger partial charge is 0.481 e. The lowest BCUT2D eigenvalue weighted by atomic mass is 9.79. The highest BCUT2D eigenvalue weighted by Gasteiger charge is 2.37. The van der Waals surface area contributed by atoms with E-state index in [9.17, 15) is 19.5 Å². The van der Waals surface area contributed by atoms with E-state index in [0.717, 1.165) is 42.7 Å². The van der Waals surface area contributed by atoms with Crippen LogP contribution in [0.5, 0.6) is 0 Å². The molecule has 0 radical (unpaired) electrons. The van der Waals surface area contributed by atoms with E-state index in [2.05, 4.69) is 66.2 Å². The molecule has 1 heterocycles. The monoisotopic (exact) mass is 716 g/mol. The first-order valence-corrected chi connectivity index (χ1v) is 19.7. The van der Waals surface area contributed by atoms with Gasteiger partial charge in [0.05, 0.1) is 11.1 Å². The van der Waals surface area contributed by atoms with Gasteiger partial charge in [-0.05, 0) is 94.4 Å². The molecule has 1 aromatic heterocycles. The Kier molecular flexibility index (Phi) is 21.9. The molecule has 0 bridgehead atoms. The van der Waals surface area contributed by atoms with Crippen LogP contribution in [0.25, 0.3) is 12.2 Å². The summed E-state index contributed by atoms with van der Waals surface area (Å²) in [6.45, 7) is 5.85. The molecule has 7 nitrogen and oxygen atoms in total. The number of unbranched alkanes of at least 4 members (excludes halogenated alkanes) is 4. The number of allylic oxidation sites excluding steroid dienone is 8. The van der Waals surface area contributed by atoms with Crippen molar-refractivity contribution in [2.24, 2.45) is 5.41 Å². The highest BCUT2D eigenvalue weighted by molar-refractivity contribution is 7.10. The number of nitrogens with one attached hydrogen (secondary N) is 1. The second-order valence-electron chi connectivity index (χ2n) is 13.1. The van der Waals surface area contributed by atoms with Crippen LogP contribution in [0.1, 0.15) is 146 Å². The van der Waals surface area contributed by atoms with Gasteiger partial charge in [0, 0.05) is 29.8 Å². The number of carbonyl (C=O) groups is 3. The second-order valence-corrected chi connectivity index (χ2v) is 14.0. The van der Waals surface area contributed by atoms with Crippen LogP contribution in [0.2, 0.25) is 0 Å². The molecule has 1 aliphatic carbocycles. The van der Waals surface area contributed by atoms with Crippen molar-refractivity contribution in [3.8, 4) is 0 Å². The molecule has 1 aliphatic rings. The van der Waals surface area contributed by atoms with Crippen LogP contribution < -0.4 is 5.32 Å². The van der Waals surface area contributed by atoms with Gasteiger partial charge in [-0.2, -0.15) is 0 Å². The maximum atomic E-state index is 12.4. The predicted octanol–water partition coefficient (Wildman–Crippen LogP) is 12.0. The van der Waals surface area contributed by atoms with Crippen molar-refractivity contribution in [1.29, 1.82) is 0 Å². The minimum atomic E-state index is -1.01. The fraction of sp³-hybridized carbons (Fsp3) is 0.488. The Balaban J connectivity index is 0.000000370. The maximum Gasteiger partial charge on any atom is 0.310 e. The number of anilines is 1. The molecule has 0 spiro atoms. The van der Waals surface area contributed by atoms with Gasteiger partial charge in [-0.25, -0.2) is 4.98 Å². The molecular weight excluding hydrogens is 657 g/mol. The zero-order valence-electron chi connectivity index (χ0n) is 31.0. The zero-order chi connectivity index (χ0) is 37.2. The average molecular weight is 717 g/mol. The summed E-state index contributed by atoms with van der Waals surface area (Å²) in [7, 11) is 0. The summed E-state index contributed by atoms with van der Waals surface area (Å²) >= 11 is 1.65. The minimum Gasteiger partial charge on any atom is -0.481 e. The molecule has 0 atom stereocenters.